The zero-order chi connectivity index (χ0) is 15.7. The Morgan fingerprint density at radius 1 is 0.500 bits per heavy atom. The summed E-state index contributed by atoms with van der Waals surface area (Å²) in [6.45, 7) is 3.49. The maximum Gasteiger partial charge on any atom is 0.0219 e. The first-order chi connectivity index (χ1) is 10.9. The molecule has 0 atom stereocenters. The number of hydrogen-bond donors (Lipinski definition) is 0. The van der Waals surface area contributed by atoms with E-state index in [0.717, 1.165) is 0 Å². The third-order valence-corrected chi connectivity index (χ3v) is 4.69. The van der Waals surface area contributed by atoms with Gasteiger partial charge in [-0.05, 0) is 18.6 Å². The van der Waals surface area contributed by atoms with Crippen LogP contribution in [0.4, 0.5) is 0 Å². The van der Waals surface area contributed by atoms with Crippen molar-refractivity contribution in [3.05, 3.63) is 24.5 Å². The standard InChI is InChI=1S/C21H39N/c1-2-3-4-5-6-7-8-9-10-11-12-13-14-15-16-19-22-20-17-18-21-22/h17-18,20-21H,2-16,19H2,1H3. The molecule has 1 heteroatoms. The molecule has 0 spiro atoms. The molecule has 0 aliphatic heterocycles. The van der Waals surface area contributed by atoms with Crippen molar-refractivity contribution in [1.82, 2.24) is 4.57 Å². The summed E-state index contributed by atoms with van der Waals surface area (Å²) >= 11 is 0. The first-order valence-corrected chi connectivity index (χ1v) is 10.0. The summed E-state index contributed by atoms with van der Waals surface area (Å²) in [4.78, 5) is 0. The van der Waals surface area contributed by atoms with Crippen molar-refractivity contribution in [3.63, 3.8) is 0 Å². The second-order valence-corrected chi connectivity index (χ2v) is 6.87. The van der Waals surface area contributed by atoms with Gasteiger partial charge in [0, 0.05) is 18.9 Å². The number of unbranched alkanes of at least 4 members (excludes halogenated alkanes) is 14. The molecule has 0 radical (unpaired) electrons. The van der Waals surface area contributed by atoms with Crippen molar-refractivity contribution in [2.75, 3.05) is 0 Å². The van der Waals surface area contributed by atoms with E-state index in [2.05, 4.69) is 36.0 Å². The SMILES string of the molecule is CCCCCCCCCCCCCCCCCn1cccc1. The molecule has 1 aromatic heterocycles. The summed E-state index contributed by atoms with van der Waals surface area (Å²) in [5.74, 6) is 0. The van der Waals surface area contributed by atoms with Gasteiger partial charge in [-0.15, -0.1) is 0 Å². The third kappa shape index (κ3) is 11.9. The van der Waals surface area contributed by atoms with Gasteiger partial charge in [-0.25, -0.2) is 0 Å². The molecule has 0 aliphatic rings. The Balaban J connectivity index is 1.68. The molecule has 0 bridgehead atoms. The van der Waals surface area contributed by atoms with E-state index in [1.165, 1.54) is 103 Å². The van der Waals surface area contributed by atoms with E-state index in [1.54, 1.807) is 0 Å². The molecular weight excluding hydrogens is 266 g/mol. The molecule has 0 aromatic carbocycles. The van der Waals surface area contributed by atoms with Gasteiger partial charge in [-0.1, -0.05) is 96.8 Å². The monoisotopic (exact) mass is 305 g/mol. The smallest absolute Gasteiger partial charge is 0.0219 e. The third-order valence-electron chi connectivity index (χ3n) is 4.69. The molecule has 22 heavy (non-hydrogen) atoms. The van der Waals surface area contributed by atoms with Gasteiger partial charge in [0.25, 0.3) is 0 Å². The molecule has 0 saturated heterocycles. The minimum atomic E-state index is 1.20. The molecule has 1 heterocycles. The minimum absolute atomic E-state index is 1.20. The maximum absolute atomic E-state index is 2.29. The van der Waals surface area contributed by atoms with Gasteiger partial charge in [-0.3, -0.25) is 0 Å². The summed E-state index contributed by atoms with van der Waals surface area (Å²) < 4.78 is 2.29. The summed E-state index contributed by atoms with van der Waals surface area (Å²) in [7, 11) is 0. The first kappa shape index (κ1) is 19.3. The highest BCUT2D eigenvalue weighted by molar-refractivity contribution is 4.89. The first-order valence-electron chi connectivity index (χ1n) is 10.0. The molecule has 0 N–H and O–H groups in total. The van der Waals surface area contributed by atoms with Gasteiger partial charge in [0.1, 0.15) is 0 Å². The molecule has 0 fully saturated rings. The summed E-state index contributed by atoms with van der Waals surface area (Å²) in [5, 5.41) is 0. The molecule has 1 aromatic rings. The lowest BCUT2D eigenvalue weighted by atomic mass is 10.0. The summed E-state index contributed by atoms with van der Waals surface area (Å²) in [6.07, 6.45) is 26.0. The molecule has 0 unspecified atom stereocenters. The van der Waals surface area contributed by atoms with Crippen molar-refractivity contribution >= 4 is 0 Å². The maximum atomic E-state index is 2.29. The van der Waals surface area contributed by atoms with Crippen LogP contribution >= 0.6 is 0 Å². The van der Waals surface area contributed by atoms with Crippen molar-refractivity contribution in [2.24, 2.45) is 0 Å². The van der Waals surface area contributed by atoms with Crippen LogP contribution < -0.4 is 0 Å². The van der Waals surface area contributed by atoms with Crippen LogP contribution in [0.2, 0.25) is 0 Å². The lowest BCUT2D eigenvalue weighted by molar-refractivity contribution is 0.523. The van der Waals surface area contributed by atoms with Crippen LogP contribution in [0.3, 0.4) is 0 Å². The molecule has 1 nitrogen and oxygen atoms in total. The van der Waals surface area contributed by atoms with Gasteiger partial charge in [-0.2, -0.15) is 0 Å². The van der Waals surface area contributed by atoms with Crippen molar-refractivity contribution in [2.45, 2.75) is 110 Å². The van der Waals surface area contributed by atoms with E-state index in [1.807, 2.05) is 0 Å². The van der Waals surface area contributed by atoms with E-state index in [4.69, 9.17) is 0 Å². The lowest BCUT2D eigenvalue weighted by Crippen LogP contribution is -1.93. The van der Waals surface area contributed by atoms with Crippen molar-refractivity contribution in [3.8, 4) is 0 Å². The Labute approximate surface area is 139 Å². The second-order valence-electron chi connectivity index (χ2n) is 6.87. The van der Waals surface area contributed by atoms with Crippen LogP contribution in [0.25, 0.3) is 0 Å². The Morgan fingerprint density at radius 2 is 0.864 bits per heavy atom. The van der Waals surface area contributed by atoms with Crippen LogP contribution in [0, 0.1) is 0 Å². The predicted molar refractivity (Wildman–Crippen MR) is 99.4 cm³/mol. The average molecular weight is 306 g/mol. The van der Waals surface area contributed by atoms with Crippen LogP contribution in [0.15, 0.2) is 24.5 Å². The van der Waals surface area contributed by atoms with Crippen LogP contribution in [0.1, 0.15) is 103 Å². The largest absolute Gasteiger partial charge is 0.354 e. The normalized spacial score (nSPS) is 11.1. The van der Waals surface area contributed by atoms with Gasteiger partial charge >= 0.3 is 0 Å². The fraction of sp³-hybridized carbons (Fsp3) is 0.810. The molecule has 128 valence electrons. The van der Waals surface area contributed by atoms with Gasteiger partial charge in [0.2, 0.25) is 0 Å². The number of nitrogens with zero attached hydrogens (tertiary/aromatic N) is 1. The molecule has 0 amide bonds. The van der Waals surface area contributed by atoms with Gasteiger partial charge in [0.15, 0.2) is 0 Å². The van der Waals surface area contributed by atoms with Crippen molar-refractivity contribution < 1.29 is 0 Å². The summed E-state index contributed by atoms with van der Waals surface area (Å²) in [6, 6.07) is 4.23. The lowest BCUT2D eigenvalue weighted by Gasteiger charge is -2.04. The summed E-state index contributed by atoms with van der Waals surface area (Å²) in [5.41, 5.74) is 0. The van der Waals surface area contributed by atoms with E-state index in [-0.39, 0.29) is 0 Å². The number of aromatic nitrogens is 1. The minimum Gasteiger partial charge on any atom is -0.354 e. The highest BCUT2D eigenvalue weighted by atomic mass is 14.9. The highest BCUT2D eigenvalue weighted by Gasteiger charge is 1.94. The predicted octanol–water partition coefficient (Wildman–Crippen LogP) is 7.36. The molecule has 1 rings (SSSR count). The Hall–Kier alpha value is -0.720. The van der Waals surface area contributed by atoms with E-state index >= 15 is 0 Å². The zero-order valence-electron chi connectivity index (χ0n) is 15.1. The molecule has 0 saturated carbocycles. The number of rotatable bonds is 16. The van der Waals surface area contributed by atoms with Crippen molar-refractivity contribution in [1.29, 1.82) is 0 Å². The topological polar surface area (TPSA) is 4.93 Å². The zero-order valence-corrected chi connectivity index (χ0v) is 15.1. The quantitative estimate of drug-likeness (QED) is 0.281. The van der Waals surface area contributed by atoms with E-state index < -0.39 is 0 Å². The fourth-order valence-electron chi connectivity index (χ4n) is 3.18. The molecule has 0 aliphatic carbocycles. The fourth-order valence-corrected chi connectivity index (χ4v) is 3.18. The Morgan fingerprint density at radius 3 is 1.27 bits per heavy atom. The van der Waals surface area contributed by atoms with E-state index in [0.29, 0.717) is 0 Å². The van der Waals surface area contributed by atoms with Crippen LogP contribution in [0.5, 0.6) is 0 Å². The second kappa shape index (κ2) is 15.2. The number of aryl methyl sites for hydroxylation is 1. The highest BCUT2D eigenvalue weighted by Crippen LogP contribution is 2.13. The Bertz CT molecular complexity index is 302. The average Bonchev–Trinajstić information content (AvgIpc) is 3.04. The van der Waals surface area contributed by atoms with Gasteiger partial charge in [0.05, 0.1) is 0 Å². The number of hydrogen-bond acceptors (Lipinski definition) is 0. The van der Waals surface area contributed by atoms with Crippen LogP contribution in [-0.2, 0) is 6.54 Å². The molecular formula is C21H39N. The van der Waals surface area contributed by atoms with E-state index in [9.17, 15) is 0 Å². The van der Waals surface area contributed by atoms with Gasteiger partial charge < -0.3 is 4.57 Å². The Kier molecular flexibility index (Phi) is 13.3. The van der Waals surface area contributed by atoms with Crippen LogP contribution in [-0.4, -0.2) is 4.57 Å².